The second-order valence-electron chi connectivity index (χ2n) is 5.96. The van der Waals surface area contributed by atoms with Crippen LogP contribution < -0.4 is 5.32 Å². The Hall–Kier alpha value is -0.310. The van der Waals surface area contributed by atoms with Crippen LogP contribution in [0.2, 0.25) is 10.0 Å². The number of pyridine rings is 1. The zero-order valence-corrected chi connectivity index (χ0v) is 13.3. The summed E-state index contributed by atoms with van der Waals surface area (Å²) in [5, 5.41) is 4.66. The van der Waals surface area contributed by atoms with Gasteiger partial charge in [-0.15, -0.1) is 0 Å². The molecule has 0 aliphatic heterocycles. The topological polar surface area (TPSA) is 24.9 Å². The molecular formula is C15H22Cl2N2. The monoisotopic (exact) mass is 300 g/mol. The molecule has 2 nitrogen and oxygen atoms in total. The zero-order chi connectivity index (χ0) is 14.0. The van der Waals surface area contributed by atoms with Crippen LogP contribution in [0.25, 0.3) is 0 Å². The van der Waals surface area contributed by atoms with Gasteiger partial charge in [-0.05, 0) is 50.1 Å². The van der Waals surface area contributed by atoms with Crippen molar-refractivity contribution < 1.29 is 0 Å². The molecule has 106 valence electrons. The average Bonchev–Trinajstić information content (AvgIpc) is 2.31. The molecule has 1 saturated carbocycles. The minimum Gasteiger partial charge on any atom is -0.311 e. The van der Waals surface area contributed by atoms with Crippen molar-refractivity contribution in [3.8, 4) is 0 Å². The van der Waals surface area contributed by atoms with Gasteiger partial charge < -0.3 is 5.32 Å². The maximum absolute atomic E-state index is 6.31. The van der Waals surface area contributed by atoms with Gasteiger partial charge in [0.1, 0.15) is 0 Å². The van der Waals surface area contributed by atoms with Crippen molar-refractivity contribution in [2.75, 3.05) is 7.05 Å². The first-order valence-electron chi connectivity index (χ1n) is 6.99. The molecule has 0 spiro atoms. The second-order valence-corrected chi connectivity index (χ2v) is 6.81. The fourth-order valence-corrected chi connectivity index (χ4v) is 4.03. The fourth-order valence-electron chi connectivity index (χ4n) is 3.53. The van der Waals surface area contributed by atoms with Gasteiger partial charge in [0.25, 0.3) is 0 Å². The van der Waals surface area contributed by atoms with E-state index < -0.39 is 0 Å². The summed E-state index contributed by atoms with van der Waals surface area (Å²) in [6, 6.07) is 2.00. The third-order valence-electron chi connectivity index (χ3n) is 4.13. The first kappa shape index (κ1) is 15.1. The van der Waals surface area contributed by atoms with E-state index in [2.05, 4.69) is 24.1 Å². The van der Waals surface area contributed by atoms with Crippen LogP contribution in [-0.2, 0) is 0 Å². The van der Waals surface area contributed by atoms with E-state index in [-0.39, 0.29) is 6.04 Å². The van der Waals surface area contributed by atoms with Crippen molar-refractivity contribution in [2.24, 2.45) is 17.8 Å². The highest BCUT2D eigenvalue weighted by Gasteiger charge is 2.31. The van der Waals surface area contributed by atoms with Crippen LogP contribution in [0.3, 0.4) is 0 Å². The molecule has 0 saturated heterocycles. The number of hydrogen-bond acceptors (Lipinski definition) is 2. The van der Waals surface area contributed by atoms with E-state index in [0.29, 0.717) is 16.0 Å². The molecule has 0 aromatic carbocycles. The van der Waals surface area contributed by atoms with Crippen molar-refractivity contribution >= 4 is 23.2 Å². The lowest BCUT2D eigenvalue weighted by atomic mass is 9.73. The number of halogens is 2. The Balaban J connectivity index is 2.23. The van der Waals surface area contributed by atoms with Crippen LogP contribution in [0, 0.1) is 17.8 Å². The Kier molecular flexibility index (Phi) is 5.10. The minimum absolute atomic E-state index is 0.218. The highest BCUT2D eigenvalue weighted by Crippen LogP contribution is 2.40. The Bertz CT molecular complexity index is 426. The summed E-state index contributed by atoms with van der Waals surface area (Å²) in [5.41, 5.74) is 0.930. The predicted molar refractivity (Wildman–Crippen MR) is 81.7 cm³/mol. The van der Waals surface area contributed by atoms with Crippen LogP contribution >= 0.6 is 23.2 Å². The molecule has 1 aliphatic rings. The summed E-state index contributed by atoms with van der Waals surface area (Å²) in [6.45, 7) is 4.68. The summed E-state index contributed by atoms with van der Waals surface area (Å²) in [6.07, 6.45) is 5.48. The van der Waals surface area contributed by atoms with Crippen LogP contribution in [-0.4, -0.2) is 12.0 Å². The van der Waals surface area contributed by atoms with Gasteiger partial charge in [-0.2, -0.15) is 0 Å². The smallest absolute Gasteiger partial charge is 0.0762 e. The molecule has 19 heavy (non-hydrogen) atoms. The summed E-state index contributed by atoms with van der Waals surface area (Å²) in [5.74, 6) is 2.14. The van der Waals surface area contributed by atoms with E-state index in [1.165, 1.54) is 19.3 Å². The Morgan fingerprint density at radius 1 is 1.21 bits per heavy atom. The van der Waals surface area contributed by atoms with Crippen molar-refractivity contribution in [3.05, 3.63) is 28.0 Å². The maximum atomic E-state index is 6.31. The predicted octanol–water partition coefficient (Wildman–Crippen LogP) is 4.72. The Morgan fingerprint density at radius 2 is 1.84 bits per heavy atom. The van der Waals surface area contributed by atoms with Gasteiger partial charge in [0.05, 0.1) is 21.8 Å². The van der Waals surface area contributed by atoms with Gasteiger partial charge in [0, 0.05) is 6.20 Å². The highest BCUT2D eigenvalue weighted by molar-refractivity contribution is 6.34. The molecule has 1 fully saturated rings. The van der Waals surface area contributed by atoms with Crippen molar-refractivity contribution in [3.63, 3.8) is 0 Å². The van der Waals surface area contributed by atoms with Crippen LogP contribution in [0.5, 0.6) is 0 Å². The molecule has 0 amide bonds. The summed E-state index contributed by atoms with van der Waals surface area (Å²) in [7, 11) is 1.99. The third kappa shape index (κ3) is 3.62. The molecule has 2 rings (SSSR count). The number of nitrogens with one attached hydrogen (secondary N) is 1. The van der Waals surface area contributed by atoms with Crippen molar-refractivity contribution in [2.45, 2.75) is 39.2 Å². The molecule has 1 aromatic rings. The molecule has 1 aromatic heterocycles. The van der Waals surface area contributed by atoms with Crippen LogP contribution in [0.4, 0.5) is 0 Å². The summed E-state index contributed by atoms with van der Waals surface area (Å²) < 4.78 is 0. The number of aromatic nitrogens is 1. The summed E-state index contributed by atoms with van der Waals surface area (Å²) >= 11 is 12.2. The lowest BCUT2D eigenvalue weighted by Gasteiger charge is -2.36. The lowest BCUT2D eigenvalue weighted by molar-refractivity contribution is 0.179. The average molecular weight is 301 g/mol. The van der Waals surface area contributed by atoms with Gasteiger partial charge in [0.2, 0.25) is 0 Å². The first-order valence-corrected chi connectivity index (χ1v) is 7.75. The standard InChI is InChI=1S/C15H22Cl2N2/c1-9-4-10(2)6-11(5-9)14(18-3)15-13(17)7-12(16)8-19-15/h7-11,14,18H,4-6H2,1-3H3. The molecule has 4 heteroatoms. The number of nitrogens with zero attached hydrogens (tertiary/aromatic N) is 1. The molecule has 1 aliphatic carbocycles. The van der Waals surface area contributed by atoms with E-state index in [9.17, 15) is 0 Å². The van der Waals surface area contributed by atoms with Gasteiger partial charge in [0.15, 0.2) is 0 Å². The largest absolute Gasteiger partial charge is 0.311 e. The molecule has 1 N–H and O–H groups in total. The fraction of sp³-hybridized carbons (Fsp3) is 0.667. The van der Waals surface area contributed by atoms with Gasteiger partial charge in [-0.25, -0.2) is 0 Å². The van der Waals surface area contributed by atoms with Crippen LogP contribution in [0.15, 0.2) is 12.3 Å². The SMILES string of the molecule is CNC(c1ncc(Cl)cc1Cl)C1CC(C)CC(C)C1. The van der Waals surface area contributed by atoms with Gasteiger partial charge in [-0.1, -0.05) is 37.0 Å². The maximum Gasteiger partial charge on any atom is 0.0762 e. The normalized spacial score (nSPS) is 29.2. The molecule has 3 unspecified atom stereocenters. The first-order chi connectivity index (χ1) is 9.01. The Labute approximate surface area is 125 Å². The van der Waals surface area contributed by atoms with E-state index in [4.69, 9.17) is 23.2 Å². The van der Waals surface area contributed by atoms with E-state index in [1.807, 2.05) is 7.05 Å². The zero-order valence-electron chi connectivity index (χ0n) is 11.8. The minimum atomic E-state index is 0.218. The van der Waals surface area contributed by atoms with Gasteiger partial charge >= 0.3 is 0 Å². The highest BCUT2D eigenvalue weighted by atomic mass is 35.5. The Morgan fingerprint density at radius 3 is 2.37 bits per heavy atom. The number of hydrogen-bond donors (Lipinski definition) is 1. The van der Waals surface area contributed by atoms with E-state index in [0.717, 1.165) is 17.5 Å². The van der Waals surface area contributed by atoms with Crippen molar-refractivity contribution in [1.82, 2.24) is 10.3 Å². The molecule has 3 atom stereocenters. The molecule has 0 bridgehead atoms. The van der Waals surface area contributed by atoms with Gasteiger partial charge in [-0.3, -0.25) is 4.98 Å². The molecule has 0 radical (unpaired) electrons. The van der Waals surface area contributed by atoms with Crippen LogP contribution in [0.1, 0.15) is 44.8 Å². The quantitative estimate of drug-likeness (QED) is 0.873. The lowest BCUT2D eigenvalue weighted by Crippen LogP contribution is -2.32. The van der Waals surface area contributed by atoms with Crippen molar-refractivity contribution in [1.29, 1.82) is 0 Å². The summed E-state index contributed by atoms with van der Waals surface area (Å²) in [4.78, 5) is 4.45. The molecule has 1 heterocycles. The van der Waals surface area contributed by atoms with E-state index in [1.54, 1.807) is 12.3 Å². The third-order valence-corrected chi connectivity index (χ3v) is 4.64. The molecular weight excluding hydrogens is 279 g/mol. The number of rotatable bonds is 3. The second kappa shape index (κ2) is 6.43. The van der Waals surface area contributed by atoms with E-state index >= 15 is 0 Å².